The molecule has 0 saturated carbocycles. The summed E-state index contributed by atoms with van der Waals surface area (Å²) < 4.78 is 13.2. The van der Waals surface area contributed by atoms with Crippen molar-refractivity contribution >= 4 is 11.8 Å². The number of nitrogens with zero attached hydrogens (tertiary/aromatic N) is 2. The number of aliphatic imine (C=N–C) groups is 1. The van der Waals surface area contributed by atoms with Gasteiger partial charge in [0.2, 0.25) is 0 Å². The molecule has 1 aromatic rings. The van der Waals surface area contributed by atoms with E-state index >= 15 is 0 Å². The van der Waals surface area contributed by atoms with Gasteiger partial charge in [0.25, 0.3) is 0 Å². The van der Waals surface area contributed by atoms with E-state index in [0.29, 0.717) is 16.7 Å². The van der Waals surface area contributed by atoms with Crippen molar-refractivity contribution in [3.63, 3.8) is 0 Å². The third kappa shape index (κ3) is 2.89. The summed E-state index contributed by atoms with van der Waals surface area (Å²) in [6.45, 7) is 8.82. The molecule has 0 aromatic heterocycles. The van der Waals surface area contributed by atoms with E-state index in [4.69, 9.17) is 5.26 Å². The minimum absolute atomic E-state index is 0.0914. The van der Waals surface area contributed by atoms with Gasteiger partial charge < -0.3 is 0 Å². The van der Waals surface area contributed by atoms with Crippen molar-refractivity contribution in [3.8, 4) is 6.07 Å². The molecule has 0 radical (unpaired) electrons. The molecule has 2 nitrogen and oxygen atoms in total. The first-order valence-corrected chi connectivity index (χ1v) is 4.63. The van der Waals surface area contributed by atoms with E-state index in [2.05, 4.69) is 18.2 Å². The van der Waals surface area contributed by atoms with Gasteiger partial charge in [0.1, 0.15) is 17.6 Å². The number of hydrogen-bond acceptors (Lipinski definition) is 2. The van der Waals surface area contributed by atoms with Crippen molar-refractivity contribution in [2.24, 2.45) is 4.99 Å². The zero-order chi connectivity index (χ0) is 12.1. The van der Waals surface area contributed by atoms with Crippen LogP contribution < -0.4 is 0 Å². The van der Waals surface area contributed by atoms with E-state index in [1.807, 2.05) is 0 Å². The van der Waals surface area contributed by atoms with Gasteiger partial charge in [-0.05, 0) is 29.7 Å². The first-order valence-electron chi connectivity index (χ1n) is 4.63. The lowest BCUT2D eigenvalue weighted by Gasteiger charge is -2.02. The normalized spacial score (nSPS) is 10.1. The molecule has 16 heavy (non-hydrogen) atoms. The van der Waals surface area contributed by atoms with Crippen LogP contribution in [0, 0.1) is 24.1 Å². The molecule has 0 aliphatic carbocycles. The number of hydrogen-bond donors (Lipinski definition) is 0. The number of aryl methyl sites for hydroxylation is 1. The Morgan fingerprint density at radius 1 is 1.50 bits per heavy atom. The van der Waals surface area contributed by atoms with Crippen molar-refractivity contribution < 1.29 is 4.39 Å². The van der Waals surface area contributed by atoms with Crippen LogP contribution in [0.4, 0.5) is 4.39 Å². The largest absolute Gasteiger partial charge is 0.246 e. The summed E-state index contributed by atoms with van der Waals surface area (Å²) in [5.74, 6) is -0.286. The van der Waals surface area contributed by atoms with Crippen molar-refractivity contribution in [1.82, 2.24) is 0 Å². The molecule has 0 N–H and O–H groups in total. The summed E-state index contributed by atoms with van der Waals surface area (Å²) >= 11 is 0. The van der Waals surface area contributed by atoms with E-state index in [1.54, 1.807) is 25.1 Å². The Bertz CT molecular complexity index is 507. The van der Waals surface area contributed by atoms with Crippen LogP contribution in [0.3, 0.4) is 0 Å². The highest BCUT2D eigenvalue weighted by atomic mass is 19.1. The van der Waals surface area contributed by atoms with Gasteiger partial charge in [0, 0.05) is 6.21 Å². The summed E-state index contributed by atoms with van der Waals surface area (Å²) in [4.78, 5) is 3.77. The zero-order valence-corrected chi connectivity index (χ0v) is 9.00. The van der Waals surface area contributed by atoms with Crippen molar-refractivity contribution in [2.45, 2.75) is 6.92 Å². The van der Waals surface area contributed by atoms with Gasteiger partial charge in [-0.3, -0.25) is 0 Å². The maximum absolute atomic E-state index is 13.2. The summed E-state index contributed by atoms with van der Waals surface area (Å²) in [5, 5.41) is 8.45. The SMILES string of the molecule is C=C(C#N)/N=C/C(=C)c1ccc(C)c(F)c1. The Kier molecular flexibility index (Phi) is 3.73. The van der Waals surface area contributed by atoms with Gasteiger partial charge in [-0.1, -0.05) is 25.3 Å². The molecule has 1 rings (SSSR count). The summed E-state index contributed by atoms with van der Waals surface area (Å²) in [5.41, 5.74) is 1.84. The van der Waals surface area contributed by atoms with Crippen LogP contribution >= 0.6 is 0 Å². The highest BCUT2D eigenvalue weighted by molar-refractivity contribution is 6.09. The molecule has 0 bridgehead atoms. The maximum Gasteiger partial charge on any atom is 0.133 e. The fraction of sp³-hybridized carbons (Fsp3) is 0.0769. The standard InChI is InChI=1S/C13H11FN2/c1-9-4-5-12(6-13(9)14)10(2)8-16-11(3)7-15/h4-6,8H,2-3H2,1H3/b16-8+. The van der Waals surface area contributed by atoms with E-state index in [9.17, 15) is 4.39 Å². The topological polar surface area (TPSA) is 36.1 Å². The smallest absolute Gasteiger partial charge is 0.133 e. The van der Waals surface area contributed by atoms with Crippen LogP contribution in [-0.4, -0.2) is 6.21 Å². The molecule has 1 aromatic carbocycles. The van der Waals surface area contributed by atoms with E-state index in [-0.39, 0.29) is 11.5 Å². The number of benzene rings is 1. The average Bonchev–Trinajstić information content (AvgIpc) is 2.29. The van der Waals surface area contributed by atoms with Crippen LogP contribution in [0.1, 0.15) is 11.1 Å². The first-order chi connectivity index (χ1) is 7.54. The minimum Gasteiger partial charge on any atom is -0.246 e. The van der Waals surface area contributed by atoms with Crippen LogP contribution in [0.15, 0.2) is 42.0 Å². The Morgan fingerprint density at radius 3 is 2.75 bits per heavy atom. The monoisotopic (exact) mass is 214 g/mol. The first kappa shape index (κ1) is 11.9. The Hall–Kier alpha value is -2.21. The third-order valence-electron chi connectivity index (χ3n) is 2.05. The Balaban J connectivity index is 2.90. The fourth-order valence-corrected chi connectivity index (χ4v) is 1.05. The van der Waals surface area contributed by atoms with Crippen molar-refractivity contribution in [3.05, 3.63) is 54.0 Å². The van der Waals surface area contributed by atoms with Gasteiger partial charge >= 0.3 is 0 Å². The minimum atomic E-state index is -0.286. The third-order valence-corrected chi connectivity index (χ3v) is 2.05. The molecule has 0 spiro atoms. The zero-order valence-electron chi connectivity index (χ0n) is 9.00. The van der Waals surface area contributed by atoms with Gasteiger partial charge in [0.05, 0.1) is 0 Å². The maximum atomic E-state index is 13.2. The highest BCUT2D eigenvalue weighted by Gasteiger charge is 2.01. The summed E-state index contributed by atoms with van der Waals surface area (Å²) in [6.07, 6.45) is 1.40. The van der Waals surface area contributed by atoms with Gasteiger partial charge in [-0.25, -0.2) is 9.38 Å². The fourth-order valence-electron chi connectivity index (χ4n) is 1.05. The molecule has 0 fully saturated rings. The molecule has 80 valence electrons. The van der Waals surface area contributed by atoms with Gasteiger partial charge in [-0.2, -0.15) is 5.26 Å². The summed E-state index contributed by atoms with van der Waals surface area (Å²) in [7, 11) is 0. The Morgan fingerprint density at radius 2 is 2.19 bits per heavy atom. The highest BCUT2D eigenvalue weighted by Crippen LogP contribution is 2.15. The molecular formula is C13H11FN2. The second-order valence-corrected chi connectivity index (χ2v) is 3.31. The van der Waals surface area contributed by atoms with Crippen LogP contribution in [0.2, 0.25) is 0 Å². The summed E-state index contributed by atoms with van der Waals surface area (Å²) in [6, 6.07) is 6.59. The van der Waals surface area contributed by atoms with Crippen LogP contribution in [-0.2, 0) is 0 Å². The lowest BCUT2D eigenvalue weighted by Crippen LogP contribution is -1.89. The van der Waals surface area contributed by atoms with E-state index in [0.717, 1.165) is 0 Å². The predicted molar refractivity (Wildman–Crippen MR) is 63.4 cm³/mol. The number of allylic oxidation sites excluding steroid dienone is 2. The molecule has 0 aliphatic rings. The second kappa shape index (κ2) is 5.04. The van der Waals surface area contributed by atoms with Crippen molar-refractivity contribution in [2.75, 3.05) is 0 Å². The number of halogens is 1. The van der Waals surface area contributed by atoms with E-state index < -0.39 is 0 Å². The Labute approximate surface area is 94.1 Å². The number of rotatable bonds is 3. The average molecular weight is 214 g/mol. The quantitative estimate of drug-likeness (QED) is 0.562. The van der Waals surface area contributed by atoms with Crippen LogP contribution in [0.5, 0.6) is 0 Å². The molecule has 0 saturated heterocycles. The molecule has 0 aliphatic heterocycles. The molecule has 0 unspecified atom stereocenters. The molecule has 0 heterocycles. The predicted octanol–water partition coefficient (Wildman–Crippen LogP) is 3.26. The molecule has 0 amide bonds. The van der Waals surface area contributed by atoms with Gasteiger partial charge in [-0.15, -0.1) is 0 Å². The lowest BCUT2D eigenvalue weighted by molar-refractivity contribution is 0.618. The van der Waals surface area contributed by atoms with Crippen LogP contribution in [0.25, 0.3) is 5.57 Å². The van der Waals surface area contributed by atoms with Crippen molar-refractivity contribution in [1.29, 1.82) is 5.26 Å². The number of nitriles is 1. The second-order valence-electron chi connectivity index (χ2n) is 3.31. The lowest BCUT2D eigenvalue weighted by atomic mass is 10.1. The van der Waals surface area contributed by atoms with E-state index in [1.165, 1.54) is 12.3 Å². The molecule has 0 atom stereocenters. The van der Waals surface area contributed by atoms with Gasteiger partial charge in [0.15, 0.2) is 0 Å². The molecular weight excluding hydrogens is 203 g/mol. The molecule has 3 heteroatoms.